The lowest BCUT2D eigenvalue weighted by Gasteiger charge is -2.16. The number of hydrogen-bond donors (Lipinski definition) is 4. The summed E-state index contributed by atoms with van der Waals surface area (Å²) in [5, 5.41) is 10.9. The molecule has 0 aliphatic carbocycles. The summed E-state index contributed by atoms with van der Waals surface area (Å²) in [4.78, 5) is 40.7. The fraction of sp³-hybridized carbons (Fsp3) is 0.176. The molecule has 0 bridgehead atoms. The Morgan fingerprint density at radius 3 is 2.49 bits per heavy atom. The van der Waals surface area contributed by atoms with Gasteiger partial charge in [-0.05, 0) is 48.0 Å². The predicted octanol–water partition coefficient (Wildman–Crippen LogP) is 5.08. The van der Waals surface area contributed by atoms with Crippen LogP contribution in [0, 0.1) is 5.82 Å². The minimum absolute atomic E-state index is 0.127. The molecule has 0 saturated carbocycles. The Labute approximate surface area is 286 Å². The van der Waals surface area contributed by atoms with Crippen molar-refractivity contribution < 1.29 is 36.6 Å². The molecule has 6 rings (SSSR count). The average Bonchev–Trinajstić information content (AvgIpc) is 3.78. The molecular weight excluding hydrogens is 674 g/mol. The minimum atomic E-state index is -4.76. The standard InChI is InChI=1S/C34H29F4N9O4/c1-50-27-11-19(5-10-25(27)45-32(48)23-9-6-20(12-24(23)35)34(36,37)38)29-28-30(39)43-17-44-31(28)47(46-29)22-7-3-18(4-8-22)14-41-26(33(49)51-2)13-21-15-40-16-42-21/h3-12,15-17,26,41H,13-14H2,1-2H3,(H,40,42)(H,45,48)(H2,39,43,44)/t26-/m0/s1. The monoisotopic (exact) mass is 703 g/mol. The van der Waals surface area contributed by atoms with E-state index in [1.807, 2.05) is 24.3 Å². The van der Waals surface area contributed by atoms with Crippen LogP contribution in [0.3, 0.4) is 0 Å². The van der Waals surface area contributed by atoms with Crippen LogP contribution in [0.4, 0.5) is 29.1 Å². The summed E-state index contributed by atoms with van der Waals surface area (Å²) in [5.74, 6) is -2.40. The second-order valence-electron chi connectivity index (χ2n) is 11.2. The molecule has 0 aliphatic heterocycles. The number of nitrogens with one attached hydrogen (secondary N) is 3. The van der Waals surface area contributed by atoms with E-state index < -0.39 is 41.0 Å². The summed E-state index contributed by atoms with van der Waals surface area (Å²) >= 11 is 0. The number of benzene rings is 3. The van der Waals surface area contributed by atoms with Crippen molar-refractivity contribution in [1.82, 2.24) is 35.0 Å². The number of anilines is 2. The fourth-order valence-electron chi connectivity index (χ4n) is 5.36. The van der Waals surface area contributed by atoms with E-state index in [0.29, 0.717) is 47.0 Å². The maximum atomic E-state index is 14.5. The van der Waals surface area contributed by atoms with Gasteiger partial charge in [0.05, 0.1) is 48.4 Å². The van der Waals surface area contributed by atoms with Gasteiger partial charge in [-0.1, -0.05) is 18.2 Å². The zero-order chi connectivity index (χ0) is 36.3. The van der Waals surface area contributed by atoms with E-state index in [0.717, 1.165) is 17.3 Å². The molecule has 6 aromatic rings. The molecule has 0 radical (unpaired) electrons. The highest BCUT2D eigenvalue weighted by Gasteiger charge is 2.32. The number of alkyl halides is 3. The summed E-state index contributed by atoms with van der Waals surface area (Å²) in [7, 11) is 2.68. The average molecular weight is 704 g/mol. The smallest absolute Gasteiger partial charge is 0.416 e. The number of aromatic nitrogens is 6. The third-order valence-corrected chi connectivity index (χ3v) is 7.96. The van der Waals surface area contributed by atoms with Gasteiger partial charge in [-0.2, -0.15) is 18.3 Å². The molecule has 1 amide bonds. The second-order valence-corrected chi connectivity index (χ2v) is 11.2. The number of carbonyl (C=O) groups excluding carboxylic acids is 2. The lowest BCUT2D eigenvalue weighted by Crippen LogP contribution is -2.39. The lowest BCUT2D eigenvalue weighted by atomic mass is 10.1. The summed E-state index contributed by atoms with van der Waals surface area (Å²) in [5.41, 5.74) is 8.22. The van der Waals surface area contributed by atoms with Gasteiger partial charge in [0.1, 0.15) is 35.4 Å². The maximum Gasteiger partial charge on any atom is 0.416 e. The number of esters is 1. The molecular formula is C34H29F4N9O4. The molecule has 262 valence electrons. The van der Waals surface area contributed by atoms with Gasteiger partial charge in [0.25, 0.3) is 5.91 Å². The molecule has 1 atom stereocenters. The fourth-order valence-corrected chi connectivity index (χ4v) is 5.36. The first-order chi connectivity index (χ1) is 24.5. The number of aromatic amines is 1. The van der Waals surface area contributed by atoms with Crippen molar-refractivity contribution in [3.8, 4) is 22.7 Å². The third kappa shape index (κ3) is 7.32. The quantitative estimate of drug-likeness (QED) is 0.105. The van der Waals surface area contributed by atoms with Crippen LogP contribution in [0.5, 0.6) is 5.75 Å². The van der Waals surface area contributed by atoms with Crippen LogP contribution >= 0.6 is 0 Å². The molecule has 0 spiro atoms. The van der Waals surface area contributed by atoms with Crippen molar-refractivity contribution in [3.05, 3.63) is 108 Å². The first-order valence-electron chi connectivity index (χ1n) is 15.2. The van der Waals surface area contributed by atoms with E-state index in [-0.39, 0.29) is 23.3 Å². The number of ether oxygens (including phenoxy) is 2. The van der Waals surface area contributed by atoms with Crippen molar-refractivity contribution >= 4 is 34.4 Å². The van der Waals surface area contributed by atoms with E-state index in [2.05, 4.69) is 30.6 Å². The maximum absolute atomic E-state index is 14.5. The molecule has 0 saturated heterocycles. The zero-order valence-corrected chi connectivity index (χ0v) is 27.0. The number of halogens is 4. The lowest BCUT2D eigenvalue weighted by molar-refractivity contribution is -0.143. The minimum Gasteiger partial charge on any atom is -0.495 e. The second kappa shape index (κ2) is 14.2. The highest BCUT2D eigenvalue weighted by Crippen LogP contribution is 2.36. The van der Waals surface area contributed by atoms with Crippen LogP contribution in [0.1, 0.15) is 27.2 Å². The first kappa shape index (κ1) is 34.5. The topological polar surface area (TPSA) is 175 Å². The van der Waals surface area contributed by atoms with Crippen molar-refractivity contribution in [2.45, 2.75) is 25.2 Å². The molecule has 0 aliphatic rings. The Morgan fingerprint density at radius 2 is 1.82 bits per heavy atom. The van der Waals surface area contributed by atoms with Crippen LogP contribution in [0.2, 0.25) is 0 Å². The number of hydrogen-bond acceptors (Lipinski definition) is 10. The van der Waals surface area contributed by atoms with Crippen molar-refractivity contribution in [2.24, 2.45) is 0 Å². The van der Waals surface area contributed by atoms with Crippen molar-refractivity contribution in [3.63, 3.8) is 0 Å². The number of methoxy groups -OCH3 is 2. The Kier molecular flexibility index (Phi) is 9.63. The van der Waals surface area contributed by atoms with Gasteiger partial charge in [-0.25, -0.2) is 24.0 Å². The number of amides is 1. The zero-order valence-electron chi connectivity index (χ0n) is 27.0. The summed E-state index contributed by atoms with van der Waals surface area (Å²) in [6, 6.07) is 13.1. The Bertz CT molecular complexity index is 2200. The highest BCUT2D eigenvalue weighted by atomic mass is 19.4. The van der Waals surface area contributed by atoms with E-state index in [9.17, 15) is 27.2 Å². The summed E-state index contributed by atoms with van der Waals surface area (Å²) < 4.78 is 65.4. The van der Waals surface area contributed by atoms with Crippen LogP contribution in [0.15, 0.2) is 79.5 Å². The molecule has 3 aromatic carbocycles. The summed E-state index contributed by atoms with van der Waals surface area (Å²) in [6.07, 6.45) is 0.0895. The van der Waals surface area contributed by atoms with Gasteiger partial charge < -0.3 is 25.5 Å². The van der Waals surface area contributed by atoms with E-state index in [1.165, 1.54) is 32.9 Å². The highest BCUT2D eigenvalue weighted by molar-refractivity contribution is 6.06. The van der Waals surface area contributed by atoms with Crippen LogP contribution in [0.25, 0.3) is 28.0 Å². The van der Waals surface area contributed by atoms with E-state index in [1.54, 1.807) is 23.0 Å². The number of nitrogen functional groups attached to an aromatic ring is 1. The van der Waals surface area contributed by atoms with Crippen LogP contribution in [-0.2, 0) is 28.7 Å². The Hall–Kier alpha value is -6.36. The number of nitrogens with two attached hydrogens (primary N) is 1. The van der Waals surface area contributed by atoms with Gasteiger partial charge in [0, 0.05) is 30.4 Å². The van der Waals surface area contributed by atoms with Gasteiger partial charge >= 0.3 is 12.1 Å². The normalized spacial score (nSPS) is 12.1. The third-order valence-electron chi connectivity index (χ3n) is 7.96. The van der Waals surface area contributed by atoms with Crippen LogP contribution in [-0.4, -0.2) is 61.9 Å². The van der Waals surface area contributed by atoms with Gasteiger partial charge in [0.2, 0.25) is 0 Å². The van der Waals surface area contributed by atoms with E-state index in [4.69, 9.17) is 20.3 Å². The molecule has 0 unspecified atom stereocenters. The first-order valence-corrected chi connectivity index (χ1v) is 15.2. The van der Waals surface area contributed by atoms with Crippen molar-refractivity contribution in [1.29, 1.82) is 0 Å². The number of H-pyrrole nitrogens is 1. The molecule has 0 fully saturated rings. The number of imidazole rings is 1. The number of carbonyl (C=O) groups is 2. The van der Waals surface area contributed by atoms with Crippen molar-refractivity contribution in [2.75, 3.05) is 25.3 Å². The molecule has 17 heteroatoms. The van der Waals surface area contributed by atoms with Crippen LogP contribution < -0.4 is 21.1 Å². The number of rotatable bonds is 11. The van der Waals surface area contributed by atoms with Gasteiger partial charge in [0.15, 0.2) is 5.65 Å². The largest absolute Gasteiger partial charge is 0.495 e. The molecule has 13 nitrogen and oxygen atoms in total. The number of fused-ring (bicyclic) bond motifs is 1. The molecule has 5 N–H and O–H groups in total. The van der Waals surface area contributed by atoms with Gasteiger partial charge in [-0.3, -0.25) is 14.9 Å². The number of nitrogens with zero attached hydrogens (tertiary/aromatic N) is 5. The molecule has 3 aromatic heterocycles. The SMILES string of the molecule is COC(=O)[C@H](Cc1cnc[nH]1)NCc1ccc(-n2nc(-c3ccc(NC(=O)c4ccc(C(F)(F)F)cc4F)c(OC)c3)c3c(N)ncnc32)cc1. The Morgan fingerprint density at radius 1 is 1.04 bits per heavy atom. The predicted molar refractivity (Wildman–Crippen MR) is 177 cm³/mol. The Balaban J connectivity index is 1.25. The van der Waals surface area contributed by atoms with E-state index >= 15 is 0 Å². The molecule has 3 heterocycles. The van der Waals surface area contributed by atoms with Gasteiger partial charge in [-0.15, -0.1) is 0 Å². The molecule has 51 heavy (non-hydrogen) atoms. The summed E-state index contributed by atoms with van der Waals surface area (Å²) in [6.45, 7) is 0.364.